The van der Waals surface area contributed by atoms with Crippen LogP contribution in [0.1, 0.15) is 31.4 Å². The number of benzene rings is 2. The van der Waals surface area contributed by atoms with Crippen molar-refractivity contribution in [1.82, 2.24) is 5.32 Å². The second kappa shape index (κ2) is 9.23. The molecule has 25 heavy (non-hydrogen) atoms. The largest absolute Gasteiger partial charge is 0.478 e. The first-order valence-electron chi connectivity index (χ1n) is 8.73. The Bertz CT molecular complexity index is 651. The van der Waals surface area contributed by atoms with Gasteiger partial charge in [-0.1, -0.05) is 42.5 Å². The lowest BCUT2D eigenvalue weighted by Gasteiger charge is -2.21. The SMILES string of the molecule is CC(C)(Oc1ccc(CCCNCCc2ccccc2)cc1)C(=O)O. The van der Waals surface area contributed by atoms with E-state index < -0.39 is 11.6 Å². The number of nitrogens with one attached hydrogen (secondary N) is 1. The Morgan fingerprint density at radius 3 is 2.24 bits per heavy atom. The number of hydrogen-bond donors (Lipinski definition) is 2. The van der Waals surface area contributed by atoms with E-state index in [0.717, 1.165) is 32.4 Å². The molecular formula is C21H27NO3. The van der Waals surface area contributed by atoms with Gasteiger partial charge in [0.05, 0.1) is 0 Å². The van der Waals surface area contributed by atoms with Crippen LogP contribution >= 0.6 is 0 Å². The highest BCUT2D eigenvalue weighted by Crippen LogP contribution is 2.19. The first kappa shape index (κ1) is 19.0. The van der Waals surface area contributed by atoms with Crippen LogP contribution in [-0.2, 0) is 17.6 Å². The van der Waals surface area contributed by atoms with Crippen LogP contribution < -0.4 is 10.1 Å². The third-order valence-corrected chi connectivity index (χ3v) is 4.06. The molecule has 0 aromatic heterocycles. The van der Waals surface area contributed by atoms with Crippen molar-refractivity contribution in [2.45, 2.75) is 38.7 Å². The van der Waals surface area contributed by atoms with Crippen molar-refractivity contribution in [1.29, 1.82) is 0 Å². The number of ether oxygens (including phenoxy) is 1. The molecule has 0 fully saturated rings. The number of aryl methyl sites for hydroxylation is 1. The van der Waals surface area contributed by atoms with E-state index in [1.807, 2.05) is 30.3 Å². The van der Waals surface area contributed by atoms with Gasteiger partial charge in [0.2, 0.25) is 0 Å². The van der Waals surface area contributed by atoms with Crippen LogP contribution in [0.25, 0.3) is 0 Å². The standard InChI is InChI=1S/C21H27NO3/c1-21(2,20(23)24)25-19-12-10-18(11-13-19)9-6-15-22-16-14-17-7-4-3-5-8-17/h3-5,7-8,10-13,22H,6,9,14-16H2,1-2H3,(H,23,24). The van der Waals surface area contributed by atoms with E-state index in [-0.39, 0.29) is 0 Å². The molecule has 134 valence electrons. The van der Waals surface area contributed by atoms with Crippen molar-refractivity contribution in [3.63, 3.8) is 0 Å². The van der Waals surface area contributed by atoms with Crippen LogP contribution in [0.3, 0.4) is 0 Å². The second-order valence-corrected chi connectivity index (χ2v) is 6.65. The molecule has 0 saturated heterocycles. The zero-order chi connectivity index (χ0) is 18.1. The van der Waals surface area contributed by atoms with E-state index >= 15 is 0 Å². The molecule has 0 amide bonds. The summed E-state index contributed by atoms with van der Waals surface area (Å²) in [5.41, 5.74) is 1.37. The number of rotatable bonds is 10. The van der Waals surface area contributed by atoms with Crippen LogP contribution in [0.5, 0.6) is 5.75 Å². The molecule has 2 N–H and O–H groups in total. The first-order chi connectivity index (χ1) is 12.0. The van der Waals surface area contributed by atoms with Gasteiger partial charge in [-0.25, -0.2) is 4.79 Å². The lowest BCUT2D eigenvalue weighted by Crippen LogP contribution is -2.37. The smallest absolute Gasteiger partial charge is 0.347 e. The summed E-state index contributed by atoms with van der Waals surface area (Å²) in [6.45, 7) is 5.06. The summed E-state index contributed by atoms with van der Waals surface area (Å²) in [5, 5.41) is 12.6. The van der Waals surface area contributed by atoms with Gasteiger partial charge in [0.15, 0.2) is 5.60 Å². The highest BCUT2D eigenvalue weighted by molar-refractivity contribution is 5.76. The normalized spacial score (nSPS) is 11.3. The van der Waals surface area contributed by atoms with Crippen LogP contribution in [-0.4, -0.2) is 29.8 Å². The van der Waals surface area contributed by atoms with Gasteiger partial charge in [-0.15, -0.1) is 0 Å². The highest BCUT2D eigenvalue weighted by atomic mass is 16.5. The molecule has 0 saturated carbocycles. The van der Waals surface area contributed by atoms with Crippen LogP contribution in [0.4, 0.5) is 0 Å². The van der Waals surface area contributed by atoms with E-state index in [9.17, 15) is 4.79 Å². The van der Waals surface area contributed by atoms with E-state index in [1.54, 1.807) is 13.8 Å². The predicted octanol–water partition coefficient (Wildman–Crippen LogP) is 3.69. The molecule has 2 aromatic rings. The van der Waals surface area contributed by atoms with Crippen molar-refractivity contribution in [3.8, 4) is 5.75 Å². The number of aliphatic carboxylic acids is 1. The quantitative estimate of drug-likeness (QED) is 0.647. The molecule has 0 aliphatic rings. The first-order valence-corrected chi connectivity index (χ1v) is 8.73. The fourth-order valence-corrected chi connectivity index (χ4v) is 2.48. The molecule has 0 bridgehead atoms. The topological polar surface area (TPSA) is 58.6 Å². The highest BCUT2D eigenvalue weighted by Gasteiger charge is 2.29. The molecule has 0 spiro atoms. The van der Waals surface area contributed by atoms with Crippen molar-refractivity contribution >= 4 is 5.97 Å². The Labute approximate surface area is 149 Å². The van der Waals surface area contributed by atoms with Gasteiger partial charge in [0.1, 0.15) is 5.75 Å². The average Bonchev–Trinajstić information content (AvgIpc) is 2.60. The minimum absolute atomic E-state index is 0.581. The fourth-order valence-electron chi connectivity index (χ4n) is 2.48. The van der Waals surface area contributed by atoms with Crippen molar-refractivity contribution in [3.05, 3.63) is 65.7 Å². The zero-order valence-corrected chi connectivity index (χ0v) is 15.0. The lowest BCUT2D eigenvalue weighted by molar-refractivity contribution is -0.152. The van der Waals surface area contributed by atoms with E-state index in [2.05, 4.69) is 29.6 Å². The van der Waals surface area contributed by atoms with Gasteiger partial charge >= 0.3 is 5.97 Å². The second-order valence-electron chi connectivity index (χ2n) is 6.65. The molecular weight excluding hydrogens is 314 g/mol. The summed E-state index contributed by atoms with van der Waals surface area (Å²) in [6, 6.07) is 18.1. The molecule has 4 nitrogen and oxygen atoms in total. The van der Waals surface area contributed by atoms with Gasteiger partial charge in [-0.05, 0) is 69.5 Å². The van der Waals surface area contributed by atoms with Crippen molar-refractivity contribution in [2.24, 2.45) is 0 Å². The Morgan fingerprint density at radius 1 is 0.960 bits per heavy atom. The Balaban J connectivity index is 1.65. The monoisotopic (exact) mass is 341 g/mol. The summed E-state index contributed by atoms with van der Waals surface area (Å²) in [6.07, 6.45) is 3.10. The molecule has 2 aromatic carbocycles. The lowest BCUT2D eigenvalue weighted by atomic mass is 10.1. The number of carboxylic acid groups (broad SMARTS) is 1. The molecule has 0 unspecified atom stereocenters. The Kier molecular flexibility index (Phi) is 7.02. The van der Waals surface area contributed by atoms with Crippen LogP contribution in [0.2, 0.25) is 0 Å². The van der Waals surface area contributed by atoms with E-state index in [0.29, 0.717) is 5.75 Å². The summed E-state index contributed by atoms with van der Waals surface area (Å²) in [5.74, 6) is -0.393. The third-order valence-electron chi connectivity index (χ3n) is 4.06. The van der Waals surface area contributed by atoms with E-state index in [4.69, 9.17) is 9.84 Å². The van der Waals surface area contributed by atoms with Crippen molar-refractivity contribution < 1.29 is 14.6 Å². The summed E-state index contributed by atoms with van der Waals surface area (Å²) in [7, 11) is 0. The third kappa shape index (κ3) is 6.59. The van der Waals surface area contributed by atoms with Crippen molar-refractivity contribution in [2.75, 3.05) is 13.1 Å². The summed E-state index contributed by atoms with van der Waals surface area (Å²) < 4.78 is 5.51. The average molecular weight is 341 g/mol. The number of carboxylic acids is 1. The van der Waals surface area contributed by atoms with Crippen LogP contribution in [0, 0.1) is 0 Å². The van der Waals surface area contributed by atoms with Gasteiger partial charge < -0.3 is 15.2 Å². The number of carbonyl (C=O) groups is 1. The Hall–Kier alpha value is -2.33. The maximum absolute atomic E-state index is 11.1. The molecule has 0 heterocycles. The summed E-state index contributed by atoms with van der Waals surface area (Å²) >= 11 is 0. The molecule has 2 rings (SSSR count). The summed E-state index contributed by atoms with van der Waals surface area (Å²) in [4.78, 5) is 11.1. The molecule has 4 heteroatoms. The maximum atomic E-state index is 11.1. The fraction of sp³-hybridized carbons (Fsp3) is 0.381. The molecule has 0 radical (unpaired) electrons. The minimum Gasteiger partial charge on any atom is -0.478 e. The Morgan fingerprint density at radius 2 is 1.60 bits per heavy atom. The van der Waals surface area contributed by atoms with Gasteiger partial charge in [-0.3, -0.25) is 0 Å². The minimum atomic E-state index is -1.22. The molecule has 0 aliphatic carbocycles. The van der Waals surface area contributed by atoms with Gasteiger partial charge in [0.25, 0.3) is 0 Å². The van der Waals surface area contributed by atoms with Gasteiger partial charge in [-0.2, -0.15) is 0 Å². The van der Waals surface area contributed by atoms with E-state index in [1.165, 1.54) is 11.1 Å². The van der Waals surface area contributed by atoms with Crippen LogP contribution in [0.15, 0.2) is 54.6 Å². The molecule has 0 aliphatic heterocycles. The predicted molar refractivity (Wildman–Crippen MR) is 100 cm³/mol. The zero-order valence-electron chi connectivity index (χ0n) is 15.0. The number of hydrogen-bond acceptors (Lipinski definition) is 3. The van der Waals surface area contributed by atoms with Gasteiger partial charge in [0, 0.05) is 0 Å². The molecule has 0 atom stereocenters. The maximum Gasteiger partial charge on any atom is 0.347 e.